The maximum absolute atomic E-state index is 14.1. The number of halogens is 1. The van der Waals surface area contributed by atoms with Crippen LogP contribution in [0.1, 0.15) is 16.2 Å². The third-order valence-corrected chi connectivity index (χ3v) is 4.79. The molecule has 0 radical (unpaired) electrons. The summed E-state index contributed by atoms with van der Waals surface area (Å²) in [6, 6.07) is 8.78. The lowest BCUT2D eigenvalue weighted by Crippen LogP contribution is -2.15. The Kier molecular flexibility index (Phi) is 4.43. The molecule has 0 aliphatic heterocycles. The van der Waals surface area contributed by atoms with Gasteiger partial charge in [-0.25, -0.2) is 17.6 Å². The molecule has 3 aromatic rings. The summed E-state index contributed by atoms with van der Waals surface area (Å²) < 4.78 is 46.7. The number of carboxylic acid groups (broad SMARTS) is 1. The molecule has 0 aliphatic rings. The fraction of sp³-hybridized carbons (Fsp3) is 0.0625. The molecule has 0 unspecified atom stereocenters. The van der Waals surface area contributed by atoms with Crippen LogP contribution in [-0.2, 0) is 10.0 Å². The van der Waals surface area contributed by atoms with Crippen molar-refractivity contribution in [2.75, 3.05) is 4.72 Å². The maximum Gasteiger partial charge on any atom is 0.335 e. The number of carbonyl (C=O) groups is 1. The fourth-order valence-electron chi connectivity index (χ4n) is 2.22. The monoisotopic (exact) mass is 377 g/mol. The van der Waals surface area contributed by atoms with Crippen molar-refractivity contribution in [3.63, 3.8) is 0 Å². The van der Waals surface area contributed by atoms with Crippen LogP contribution in [0.3, 0.4) is 0 Å². The molecule has 0 saturated heterocycles. The van der Waals surface area contributed by atoms with Gasteiger partial charge in [0.05, 0.1) is 16.8 Å². The number of aromatic carboxylic acids is 1. The Morgan fingerprint density at radius 3 is 2.54 bits per heavy atom. The number of hydrogen-bond acceptors (Lipinski definition) is 6. The van der Waals surface area contributed by atoms with Crippen molar-refractivity contribution in [2.45, 2.75) is 11.8 Å². The van der Waals surface area contributed by atoms with Gasteiger partial charge in [-0.05, 0) is 30.3 Å². The van der Waals surface area contributed by atoms with Crippen molar-refractivity contribution in [3.8, 4) is 11.5 Å². The van der Waals surface area contributed by atoms with Crippen LogP contribution in [0.5, 0.6) is 0 Å². The van der Waals surface area contributed by atoms with E-state index in [1.54, 1.807) is 25.1 Å². The van der Waals surface area contributed by atoms with Gasteiger partial charge in [0.15, 0.2) is 0 Å². The van der Waals surface area contributed by atoms with Gasteiger partial charge in [-0.15, -0.1) is 10.2 Å². The minimum atomic E-state index is -4.32. The number of sulfonamides is 1. The summed E-state index contributed by atoms with van der Waals surface area (Å²) in [6.07, 6.45) is 0. The molecular weight excluding hydrogens is 365 g/mol. The first-order valence-electron chi connectivity index (χ1n) is 7.23. The lowest BCUT2D eigenvalue weighted by molar-refractivity contribution is 0.0696. The van der Waals surface area contributed by atoms with Gasteiger partial charge in [0.1, 0.15) is 10.7 Å². The second-order valence-electron chi connectivity index (χ2n) is 5.23. The minimum absolute atomic E-state index is 0.0995. The van der Waals surface area contributed by atoms with E-state index < -0.39 is 26.7 Å². The summed E-state index contributed by atoms with van der Waals surface area (Å²) in [6.45, 7) is 1.59. The average molecular weight is 377 g/mol. The first-order chi connectivity index (χ1) is 12.3. The maximum atomic E-state index is 14.1. The van der Waals surface area contributed by atoms with Gasteiger partial charge in [-0.3, -0.25) is 4.72 Å². The highest BCUT2D eigenvalue weighted by Crippen LogP contribution is 2.29. The summed E-state index contributed by atoms with van der Waals surface area (Å²) in [7, 11) is -4.32. The second kappa shape index (κ2) is 6.56. The number of para-hydroxylation sites is 1. The number of anilines is 1. The molecule has 0 aliphatic carbocycles. The van der Waals surface area contributed by atoms with E-state index in [1.165, 1.54) is 6.07 Å². The van der Waals surface area contributed by atoms with Crippen molar-refractivity contribution < 1.29 is 27.1 Å². The Balaban J connectivity index is 2.00. The number of nitrogens with one attached hydrogen (secondary N) is 1. The third kappa shape index (κ3) is 3.40. The van der Waals surface area contributed by atoms with Crippen LogP contribution in [0.15, 0.2) is 51.8 Å². The summed E-state index contributed by atoms with van der Waals surface area (Å²) in [4.78, 5) is 10.2. The normalized spacial score (nSPS) is 11.3. The summed E-state index contributed by atoms with van der Waals surface area (Å²) in [5, 5.41) is 16.4. The standard InChI is InChI=1S/C16H12FN3O5S/c1-9-18-19-15(25-9)11-4-2-3-5-13(11)20-26(23,24)14-7-6-10(16(21)22)8-12(14)17/h2-8,20H,1H3,(H,21,22). The van der Waals surface area contributed by atoms with Gasteiger partial charge in [0, 0.05) is 6.92 Å². The van der Waals surface area contributed by atoms with E-state index >= 15 is 0 Å². The second-order valence-corrected chi connectivity index (χ2v) is 6.88. The van der Waals surface area contributed by atoms with Crippen LogP contribution in [0.25, 0.3) is 11.5 Å². The topological polar surface area (TPSA) is 122 Å². The molecule has 0 atom stereocenters. The first kappa shape index (κ1) is 17.5. The van der Waals surface area contributed by atoms with Crippen LogP contribution >= 0.6 is 0 Å². The third-order valence-electron chi connectivity index (χ3n) is 3.40. The van der Waals surface area contributed by atoms with Crippen LogP contribution in [-0.4, -0.2) is 29.7 Å². The molecule has 0 saturated carbocycles. The van der Waals surface area contributed by atoms with E-state index in [0.29, 0.717) is 17.5 Å². The predicted octanol–water partition coefficient (Wildman–Crippen LogP) is 2.68. The van der Waals surface area contributed by atoms with Gasteiger partial charge in [-0.2, -0.15) is 0 Å². The van der Waals surface area contributed by atoms with Gasteiger partial charge in [0.25, 0.3) is 10.0 Å². The van der Waals surface area contributed by atoms with E-state index in [4.69, 9.17) is 9.52 Å². The van der Waals surface area contributed by atoms with Gasteiger partial charge >= 0.3 is 5.97 Å². The number of aromatic nitrogens is 2. The van der Waals surface area contributed by atoms with Crippen LogP contribution in [0.2, 0.25) is 0 Å². The van der Waals surface area contributed by atoms with E-state index in [2.05, 4.69) is 14.9 Å². The van der Waals surface area contributed by atoms with Crippen molar-refractivity contribution in [2.24, 2.45) is 0 Å². The molecule has 8 nitrogen and oxygen atoms in total. The van der Waals surface area contributed by atoms with Gasteiger partial charge in [0.2, 0.25) is 11.8 Å². The van der Waals surface area contributed by atoms with E-state index in [0.717, 1.165) is 12.1 Å². The summed E-state index contributed by atoms with van der Waals surface area (Å²) in [5.41, 5.74) is 0.0697. The highest BCUT2D eigenvalue weighted by atomic mass is 32.2. The zero-order valence-electron chi connectivity index (χ0n) is 13.3. The number of aryl methyl sites for hydroxylation is 1. The predicted molar refractivity (Wildman–Crippen MR) is 88.6 cm³/mol. The van der Waals surface area contributed by atoms with Crippen molar-refractivity contribution >= 4 is 21.7 Å². The van der Waals surface area contributed by atoms with Crippen LogP contribution in [0.4, 0.5) is 10.1 Å². The molecule has 3 rings (SSSR count). The molecule has 0 spiro atoms. The quantitative estimate of drug-likeness (QED) is 0.701. The Morgan fingerprint density at radius 1 is 1.19 bits per heavy atom. The van der Waals surface area contributed by atoms with Crippen LogP contribution < -0.4 is 4.72 Å². The zero-order chi connectivity index (χ0) is 18.9. The fourth-order valence-corrected chi connectivity index (χ4v) is 3.36. The molecule has 0 amide bonds. The van der Waals surface area contributed by atoms with Crippen molar-refractivity contribution in [1.82, 2.24) is 10.2 Å². The number of hydrogen-bond donors (Lipinski definition) is 2. The molecule has 2 aromatic carbocycles. The van der Waals surface area contributed by atoms with Gasteiger partial charge < -0.3 is 9.52 Å². The number of benzene rings is 2. The molecular formula is C16H12FN3O5S. The molecule has 2 N–H and O–H groups in total. The molecule has 1 heterocycles. The molecule has 1 aromatic heterocycles. The minimum Gasteiger partial charge on any atom is -0.478 e. The molecule has 134 valence electrons. The van der Waals surface area contributed by atoms with E-state index in [-0.39, 0.29) is 17.1 Å². The number of nitrogens with zero attached hydrogens (tertiary/aromatic N) is 2. The smallest absolute Gasteiger partial charge is 0.335 e. The Bertz CT molecular complexity index is 1090. The largest absolute Gasteiger partial charge is 0.478 e. The SMILES string of the molecule is Cc1nnc(-c2ccccc2NS(=O)(=O)c2ccc(C(=O)O)cc2F)o1. The highest BCUT2D eigenvalue weighted by Gasteiger charge is 2.23. The lowest BCUT2D eigenvalue weighted by atomic mass is 10.2. The van der Waals surface area contributed by atoms with Crippen molar-refractivity contribution in [1.29, 1.82) is 0 Å². The highest BCUT2D eigenvalue weighted by molar-refractivity contribution is 7.92. The molecule has 0 fully saturated rings. The molecule has 10 heteroatoms. The Labute approximate surface area is 147 Å². The Hall–Kier alpha value is -3.27. The zero-order valence-corrected chi connectivity index (χ0v) is 14.1. The number of rotatable bonds is 5. The molecule has 26 heavy (non-hydrogen) atoms. The van der Waals surface area contributed by atoms with Gasteiger partial charge in [-0.1, -0.05) is 12.1 Å². The number of carboxylic acids is 1. The summed E-state index contributed by atoms with van der Waals surface area (Å²) >= 11 is 0. The lowest BCUT2D eigenvalue weighted by Gasteiger charge is -2.11. The Morgan fingerprint density at radius 2 is 1.92 bits per heavy atom. The van der Waals surface area contributed by atoms with E-state index in [9.17, 15) is 17.6 Å². The van der Waals surface area contributed by atoms with E-state index in [1.807, 2.05) is 0 Å². The average Bonchev–Trinajstić information content (AvgIpc) is 3.01. The molecule has 0 bridgehead atoms. The first-order valence-corrected chi connectivity index (χ1v) is 8.71. The van der Waals surface area contributed by atoms with Crippen molar-refractivity contribution in [3.05, 3.63) is 59.7 Å². The summed E-state index contributed by atoms with van der Waals surface area (Å²) in [5.74, 6) is -2.14. The van der Waals surface area contributed by atoms with Crippen LogP contribution in [0, 0.1) is 12.7 Å².